The molecule has 0 bridgehead atoms. The molecule has 2 rings (SSSR count). The highest BCUT2D eigenvalue weighted by atomic mass is 35.5. The lowest BCUT2D eigenvalue weighted by molar-refractivity contribution is 0.321. The molecule has 0 unspecified atom stereocenters. The standard InChI is InChI=1S/C12H11ClFN3O2/c1-2-19-9-4-3-7(5-8(9)14)17-11-10(13)12(18)16-6-15-11/h3-6H,2H2,1H3,(H2,15,16,17,18). The van der Waals surface area contributed by atoms with E-state index in [0.717, 1.165) is 0 Å². The van der Waals surface area contributed by atoms with E-state index in [1.807, 2.05) is 0 Å². The molecule has 1 aromatic heterocycles. The van der Waals surface area contributed by atoms with Gasteiger partial charge in [0.05, 0.1) is 12.9 Å². The number of rotatable bonds is 4. The molecule has 0 aliphatic rings. The molecule has 2 aromatic rings. The van der Waals surface area contributed by atoms with E-state index >= 15 is 0 Å². The summed E-state index contributed by atoms with van der Waals surface area (Å²) in [6.07, 6.45) is 1.21. The first-order valence-corrected chi connectivity index (χ1v) is 5.92. The lowest BCUT2D eigenvalue weighted by atomic mass is 10.3. The van der Waals surface area contributed by atoms with Gasteiger partial charge >= 0.3 is 0 Å². The first-order valence-electron chi connectivity index (χ1n) is 5.54. The monoisotopic (exact) mass is 283 g/mol. The quantitative estimate of drug-likeness (QED) is 0.905. The van der Waals surface area contributed by atoms with Gasteiger partial charge in [-0.3, -0.25) is 4.79 Å². The van der Waals surface area contributed by atoms with Gasteiger partial charge in [-0.25, -0.2) is 9.37 Å². The van der Waals surface area contributed by atoms with Gasteiger partial charge in [0.25, 0.3) is 5.56 Å². The van der Waals surface area contributed by atoms with Crippen LogP contribution in [0.1, 0.15) is 6.92 Å². The van der Waals surface area contributed by atoms with Crippen molar-refractivity contribution in [2.75, 3.05) is 11.9 Å². The highest BCUT2D eigenvalue weighted by Gasteiger charge is 2.08. The SMILES string of the molecule is CCOc1ccc(Nc2nc[nH]c(=O)c2Cl)cc1F. The molecule has 0 saturated heterocycles. The molecule has 0 saturated carbocycles. The van der Waals surface area contributed by atoms with Crippen LogP contribution in [0, 0.1) is 5.82 Å². The molecule has 5 nitrogen and oxygen atoms in total. The highest BCUT2D eigenvalue weighted by Crippen LogP contribution is 2.24. The fraction of sp³-hybridized carbons (Fsp3) is 0.167. The number of nitrogens with one attached hydrogen (secondary N) is 2. The minimum atomic E-state index is -0.507. The van der Waals surface area contributed by atoms with E-state index in [-0.39, 0.29) is 16.6 Å². The van der Waals surface area contributed by atoms with Gasteiger partial charge in [-0.15, -0.1) is 0 Å². The molecule has 0 fully saturated rings. The summed E-state index contributed by atoms with van der Waals surface area (Å²) in [6.45, 7) is 2.15. The van der Waals surface area contributed by atoms with Crippen LogP contribution in [-0.2, 0) is 0 Å². The number of hydrogen-bond donors (Lipinski definition) is 2. The molecule has 2 N–H and O–H groups in total. The fourth-order valence-corrected chi connectivity index (χ4v) is 1.61. The number of hydrogen-bond acceptors (Lipinski definition) is 4. The summed E-state index contributed by atoms with van der Waals surface area (Å²) in [6, 6.07) is 4.33. The smallest absolute Gasteiger partial charge is 0.271 e. The van der Waals surface area contributed by atoms with E-state index in [1.54, 1.807) is 13.0 Å². The maximum absolute atomic E-state index is 13.6. The Hall–Kier alpha value is -2.08. The van der Waals surface area contributed by atoms with Crippen LogP contribution in [0.3, 0.4) is 0 Å². The Balaban J connectivity index is 2.26. The predicted octanol–water partition coefficient (Wildman–Crippen LogP) is 2.70. The molecule has 1 heterocycles. The van der Waals surface area contributed by atoms with Gasteiger partial charge < -0.3 is 15.0 Å². The van der Waals surface area contributed by atoms with Gasteiger partial charge in [-0.1, -0.05) is 11.6 Å². The molecule has 0 atom stereocenters. The first-order chi connectivity index (χ1) is 9.11. The Morgan fingerprint density at radius 3 is 3.00 bits per heavy atom. The minimum absolute atomic E-state index is 0.0863. The van der Waals surface area contributed by atoms with Crippen LogP contribution in [0.2, 0.25) is 5.02 Å². The van der Waals surface area contributed by atoms with Gasteiger partial charge in [0, 0.05) is 11.8 Å². The summed E-state index contributed by atoms with van der Waals surface area (Å²) in [7, 11) is 0. The summed E-state index contributed by atoms with van der Waals surface area (Å²) in [5.74, 6) is -0.181. The first kappa shape index (κ1) is 13.4. The number of H-pyrrole nitrogens is 1. The van der Waals surface area contributed by atoms with Crippen LogP contribution in [0.5, 0.6) is 5.75 Å². The third-order valence-electron chi connectivity index (χ3n) is 2.29. The molecular formula is C12H11ClFN3O2. The maximum atomic E-state index is 13.6. The molecule has 0 aliphatic heterocycles. The maximum Gasteiger partial charge on any atom is 0.271 e. The molecule has 0 radical (unpaired) electrons. The van der Waals surface area contributed by atoms with Gasteiger partial charge in [0.1, 0.15) is 5.02 Å². The Morgan fingerprint density at radius 1 is 1.53 bits per heavy atom. The van der Waals surface area contributed by atoms with Gasteiger partial charge in [-0.05, 0) is 19.1 Å². The number of nitrogens with zero attached hydrogens (tertiary/aromatic N) is 1. The molecule has 0 amide bonds. The van der Waals surface area contributed by atoms with E-state index in [2.05, 4.69) is 15.3 Å². The predicted molar refractivity (Wildman–Crippen MR) is 70.7 cm³/mol. The van der Waals surface area contributed by atoms with Crippen LogP contribution in [-0.4, -0.2) is 16.6 Å². The average molecular weight is 284 g/mol. The minimum Gasteiger partial charge on any atom is -0.491 e. The third-order valence-corrected chi connectivity index (χ3v) is 2.64. The zero-order valence-electron chi connectivity index (χ0n) is 10.0. The highest BCUT2D eigenvalue weighted by molar-refractivity contribution is 6.32. The Labute approximate surface area is 113 Å². The second-order valence-electron chi connectivity index (χ2n) is 3.60. The van der Waals surface area contributed by atoms with Crippen LogP contribution in [0.4, 0.5) is 15.9 Å². The lowest BCUT2D eigenvalue weighted by Crippen LogP contribution is -2.09. The van der Waals surface area contributed by atoms with Crippen molar-refractivity contribution in [1.82, 2.24) is 9.97 Å². The third kappa shape index (κ3) is 3.03. The summed E-state index contributed by atoms with van der Waals surface area (Å²) in [4.78, 5) is 17.5. The van der Waals surface area contributed by atoms with E-state index < -0.39 is 11.4 Å². The van der Waals surface area contributed by atoms with Crippen molar-refractivity contribution < 1.29 is 9.13 Å². The zero-order valence-corrected chi connectivity index (χ0v) is 10.8. The summed E-state index contributed by atoms with van der Waals surface area (Å²) < 4.78 is 18.7. The number of halogens is 2. The molecular weight excluding hydrogens is 273 g/mol. The molecule has 100 valence electrons. The lowest BCUT2D eigenvalue weighted by Gasteiger charge is -2.09. The van der Waals surface area contributed by atoms with Crippen LogP contribution < -0.4 is 15.6 Å². The van der Waals surface area contributed by atoms with E-state index in [1.165, 1.54) is 18.5 Å². The van der Waals surface area contributed by atoms with Gasteiger partial charge in [-0.2, -0.15) is 0 Å². The fourth-order valence-electron chi connectivity index (χ4n) is 1.46. The van der Waals surface area contributed by atoms with E-state index in [9.17, 15) is 9.18 Å². The summed E-state index contributed by atoms with van der Waals surface area (Å²) in [5.41, 5.74) is -0.0495. The molecule has 0 aliphatic carbocycles. The number of ether oxygens (including phenoxy) is 1. The van der Waals surface area contributed by atoms with Crippen LogP contribution >= 0.6 is 11.6 Å². The van der Waals surface area contributed by atoms with Crippen molar-refractivity contribution in [2.24, 2.45) is 0 Å². The Kier molecular flexibility index (Phi) is 4.01. The number of aromatic amines is 1. The molecule has 1 aromatic carbocycles. The van der Waals surface area contributed by atoms with Crippen molar-refractivity contribution in [3.05, 3.63) is 45.7 Å². The summed E-state index contributed by atoms with van der Waals surface area (Å²) >= 11 is 5.78. The summed E-state index contributed by atoms with van der Waals surface area (Å²) in [5, 5.41) is 2.68. The van der Waals surface area contributed by atoms with Crippen molar-refractivity contribution in [3.63, 3.8) is 0 Å². The number of benzene rings is 1. The van der Waals surface area contributed by atoms with Gasteiger partial charge in [0.15, 0.2) is 17.4 Å². The van der Waals surface area contributed by atoms with Gasteiger partial charge in [0.2, 0.25) is 0 Å². The number of anilines is 2. The second kappa shape index (κ2) is 5.71. The molecule has 19 heavy (non-hydrogen) atoms. The van der Waals surface area contributed by atoms with Crippen LogP contribution in [0.25, 0.3) is 0 Å². The van der Waals surface area contributed by atoms with Crippen molar-refractivity contribution in [2.45, 2.75) is 6.92 Å². The Morgan fingerprint density at radius 2 is 2.32 bits per heavy atom. The Bertz CT molecular complexity index is 645. The normalized spacial score (nSPS) is 10.3. The van der Waals surface area contributed by atoms with E-state index in [4.69, 9.17) is 16.3 Å². The molecule has 7 heteroatoms. The topological polar surface area (TPSA) is 67.0 Å². The van der Waals surface area contributed by atoms with Crippen molar-refractivity contribution in [1.29, 1.82) is 0 Å². The average Bonchev–Trinajstić information content (AvgIpc) is 2.38. The van der Waals surface area contributed by atoms with Crippen molar-refractivity contribution in [3.8, 4) is 5.75 Å². The largest absolute Gasteiger partial charge is 0.491 e. The number of aromatic nitrogens is 2. The van der Waals surface area contributed by atoms with E-state index in [0.29, 0.717) is 12.3 Å². The molecule has 0 spiro atoms. The second-order valence-corrected chi connectivity index (χ2v) is 3.98. The van der Waals surface area contributed by atoms with Crippen LogP contribution in [0.15, 0.2) is 29.3 Å². The van der Waals surface area contributed by atoms with Crippen molar-refractivity contribution >= 4 is 23.1 Å². The zero-order chi connectivity index (χ0) is 13.8.